The van der Waals surface area contributed by atoms with E-state index >= 15 is 0 Å². The summed E-state index contributed by atoms with van der Waals surface area (Å²) in [5.41, 5.74) is 3.82. The Bertz CT molecular complexity index is 1150. The quantitative estimate of drug-likeness (QED) is 0.515. The Labute approximate surface area is 192 Å². The molecule has 4 rings (SSSR count). The maximum Gasteiger partial charge on any atom is 0.228 e. The number of halogens is 1. The Balaban J connectivity index is 1.52. The van der Waals surface area contributed by atoms with E-state index in [1.165, 1.54) is 0 Å². The minimum atomic E-state index is 0.0977. The summed E-state index contributed by atoms with van der Waals surface area (Å²) < 4.78 is 5.84. The maximum absolute atomic E-state index is 11.7. The molecule has 1 aliphatic rings. The van der Waals surface area contributed by atoms with Crippen molar-refractivity contribution in [2.24, 2.45) is 4.99 Å². The number of fused-ring (bicyclic) bond motifs is 1. The fourth-order valence-electron chi connectivity index (χ4n) is 4.09. The van der Waals surface area contributed by atoms with Crippen molar-refractivity contribution >= 4 is 41.0 Å². The van der Waals surface area contributed by atoms with Crippen molar-refractivity contribution in [3.8, 4) is 11.5 Å². The molecule has 0 radical (unpaired) electrons. The van der Waals surface area contributed by atoms with E-state index in [2.05, 4.69) is 31.9 Å². The first-order valence-corrected chi connectivity index (χ1v) is 11.1. The molecule has 1 aromatic carbocycles. The summed E-state index contributed by atoms with van der Waals surface area (Å²) in [5, 5.41) is 3.71. The number of aromatic nitrogens is 2. The van der Waals surface area contributed by atoms with Crippen LogP contribution in [0.3, 0.4) is 0 Å². The van der Waals surface area contributed by atoms with Crippen molar-refractivity contribution in [3.05, 3.63) is 53.4 Å². The van der Waals surface area contributed by atoms with E-state index in [4.69, 9.17) is 16.0 Å². The molecule has 1 aliphatic carbocycles. The lowest BCUT2D eigenvalue weighted by Crippen LogP contribution is -2.35. The van der Waals surface area contributed by atoms with Crippen LogP contribution >= 0.6 is 11.6 Å². The van der Waals surface area contributed by atoms with Crippen LogP contribution in [0.2, 0.25) is 5.02 Å². The zero-order chi connectivity index (χ0) is 22.7. The number of carbonyl (C=O) groups is 1. The highest BCUT2D eigenvalue weighted by Crippen LogP contribution is 2.31. The van der Waals surface area contributed by atoms with Gasteiger partial charge in [0.15, 0.2) is 5.58 Å². The Hall–Kier alpha value is -3.19. The second-order valence-corrected chi connectivity index (χ2v) is 8.39. The average molecular weight is 452 g/mol. The molecule has 2 aromatic heterocycles. The average Bonchev–Trinajstić information content (AvgIpc) is 3.44. The van der Waals surface area contributed by atoms with Gasteiger partial charge in [-0.1, -0.05) is 18.5 Å². The van der Waals surface area contributed by atoms with Gasteiger partial charge in [-0.15, -0.1) is 0 Å². The number of carbonyl (C=O) groups excluding carboxylic acids is 1. The summed E-state index contributed by atoms with van der Waals surface area (Å²) in [4.78, 5) is 27.1. The molecule has 0 bridgehead atoms. The number of nitrogens with zero attached hydrogens (tertiary/aromatic N) is 4. The monoisotopic (exact) mass is 451 g/mol. The molecule has 32 heavy (non-hydrogen) atoms. The smallest absolute Gasteiger partial charge is 0.228 e. The largest absolute Gasteiger partial charge is 0.436 e. The third-order valence-corrected chi connectivity index (χ3v) is 6.09. The Morgan fingerprint density at radius 1 is 1.38 bits per heavy atom. The van der Waals surface area contributed by atoms with E-state index in [0.29, 0.717) is 22.9 Å². The van der Waals surface area contributed by atoms with E-state index in [1.54, 1.807) is 24.5 Å². The van der Waals surface area contributed by atoms with Crippen LogP contribution in [0.5, 0.6) is 0 Å². The lowest BCUT2D eigenvalue weighted by atomic mass is 10.1. The minimum Gasteiger partial charge on any atom is -0.436 e. The van der Waals surface area contributed by atoms with Gasteiger partial charge in [-0.25, -0.2) is 4.98 Å². The molecule has 166 valence electrons. The first-order valence-electron chi connectivity index (χ1n) is 10.7. The summed E-state index contributed by atoms with van der Waals surface area (Å²) in [6.45, 7) is 5.49. The first kappa shape index (κ1) is 22.0. The normalized spacial score (nSPS) is 18.7. The molecule has 2 atom stereocenters. The molecule has 0 spiro atoms. The van der Waals surface area contributed by atoms with Crippen molar-refractivity contribution in [2.75, 3.05) is 7.05 Å². The summed E-state index contributed by atoms with van der Waals surface area (Å²) in [6.07, 6.45) is 6.81. The number of benzene rings is 1. The Morgan fingerprint density at radius 2 is 2.22 bits per heavy atom. The van der Waals surface area contributed by atoms with Crippen molar-refractivity contribution in [1.82, 2.24) is 20.2 Å². The van der Waals surface area contributed by atoms with Crippen LogP contribution in [0.15, 0.2) is 52.1 Å². The molecule has 2 heterocycles. The highest BCUT2D eigenvalue weighted by atomic mass is 35.5. The summed E-state index contributed by atoms with van der Waals surface area (Å²) in [7, 11) is 2.03. The molecular weight excluding hydrogens is 426 g/mol. The lowest BCUT2D eigenvalue weighted by Gasteiger charge is -2.28. The molecule has 0 aliphatic heterocycles. The lowest BCUT2D eigenvalue weighted by molar-refractivity contribution is -0.121. The van der Waals surface area contributed by atoms with Gasteiger partial charge in [-0.2, -0.15) is 0 Å². The standard InChI is InChI=1S/C24H26ClN5O2/c1-4-23(31)28-17-7-8-18(12-17)30(3)21(14-26-2)19-9-5-15(13-27-19)24-29-20-10-6-16(25)11-22(20)32-24/h5-6,9-11,13-14,17-18H,2,4,7-8,12H2,1,3H3,(H,28,31)/b21-14-/t17?,18-/m1/s1. The summed E-state index contributed by atoms with van der Waals surface area (Å²) in [6, 6.07) is 9.71. The fourth-order valence-corrected chi connectivity index (χ4v) is 4.25. The second kappa shape index (κ2) is 9.53. The van der Waals surface area contributed by atoms with E-state index in [1.807, 2.05) is 32.2 Å². The molecule has 3 aromatic rings. The van der Waals surface area contributed by atoms with Crippen molar-refractivity contribution in [1.29, 1.82) is 0 Å². The van der Waals surface area contributed by atoms with E-state index in [9.17, 15) is 4.79 Å². The van der Waals surface area contributed by atoms with Gasteiger partial charge in [0.2, 0.25) is 11.8 Å². The van der Waals surface area contributed by atoms with E-state index < -0.39 is 0 Å². The molecule has 1 amide bonds. The van der Waals surface area contributed by atoms with Crippen LogP contribution in [0.1, 0.15) is 38.3 Å². The number of hydrogen-bond acceptors (Lipinski definition) is 6. The number of hydrogen-bond donors (Lipinski definition) is 1. The van der Waals surface area contributed by atoms with Gasteiger partial charge in [0.25, 0.3) is 0 Å². The van der Waals surface area contributed by atoms with Gasteiger partial charge in [-0.3, -0.25) is 14.8 Å². The van der Waals surface area contributed by atoms with Gasteiger partial charge >= 0.3 is 0 Å². The van der Waals surface area contributed by atoms with Crippen LogP contribution in [0.4, 0.5) is 0 Å². The van der Waals surface area contributed by atoms with Crippen molar-refractivity contribution in [3.63, 3.8) is 0 Å². The molecule has 8 heteroatoms. The second-order valence-electron chi connectivity index (χ2n) is 7.96. The number of aliphatic imine (C=N–C) groups is 1. The van der Waals surface area contributed by atoms with Crippen LogP contribution in [0, 0.1) is 0 Å². The first-order chi connectivity index (χ1) is 15.5. The summed E-state index contributed by atoms with van der Waals surface area (Å²) >= 11 is 6.04. The molecule has 1 N–H and O–H groups in total. The van der Waals surface area contributed by atoms with Crippen LogP contribution in [0.25, 0.3) is 28.3 Å². The maximum atomic E-state index is 11.7. The van der Waals surface area contributed by atoms with Crippen LogP contribution in [-0.4, -0.2) is 46.6 Å². The van der Waals surface area contributed by atoms with Gasteiger partial charge in [0.1, 0.15) is 5.52 Å². The molecule has 0 saturated heterocycles. The zero-order valence-electron chi connectivity index (χ0n) is 18.2. The SMILES string of the molecule is C=N/C=C(/c1ccc(-c2nc3ccc(Cl)cc3o2)cn1)N(C)[C@@H]1CCC(NC(=O)CC)C1. The zero-order valence-corrected chi connectivity index (χ0v) is 19.0. The molecule has 1 saturated carbocycles. The summed E-state index contributed by atoms with van der Waals surface area (Å²) in [5.74, 6) is 0.591. The highest BCUT2D eigenvalue weighted by Gasteiger charge is 2.30. The van der Waals surface area contributed by atoms with E-state index in [-0.39, 0.29) is 18.0 Å². The number of amides is 1. The van der Waals surface area contributed by atoms with Gasteiger partial charge in [-0.05, 0) is 50.2 Å². The number of nitrogens with one attached hydrogen (secondary N) is 1. The van der Waals surface area contributed by atoms with Gasteiger partial charge in [0.05, 0.1) is 23.2 Å². The molecule has 1 unspecified atom stereocenters. The predicted octanol–water partition coefficient (Wildman–Crippen LogP) is 4.92. The van der Waals surface area contributed by atoms with Crippen LogP contribution < -0.4 is 5.32 Å². The van der Waals surface area contributed by atoms with Crippen molar-refractivity contribution < 1.29 is 9.21 Å². The minimum absolute atomic E-state index is 0.0977. The number of pyridine rings is 1. The van der Waals surface area contributed by atoms with E-state index in [0.717, 1.165) is 41.7 Å². The molecule has 1 fully saturated rings. The number of rotatable bonds is 7. The predicted molar refractivity (Wildman–Crippen MR) is 127 cm³/mol. The molecule has 7 nitrogen and oxygen atoms in total. The fraction of sp³-hybridized carbons (Fsp3) is 0.333. The van der Waals surface area contributed by atoms with Gasteiger partial charge < -0.3 is 14.6 Å². The third-order valence-electron chi connectivity index (χ3n) is 5.86. The highest BCUT2D eigenvalue weighted by molar-refractivity contribution is 6.31. The Morgan fingerprint density at radius 3 is 2.94 bits per heavy atom. The van der Waals surface area contributed by atoms with Gasteiger partial charge in [0, 0.05) is 42.8 Å². The van der Waals surface area contributed by atoms with Crippen LogP contribution in [-0.2, 0) is 4.79 Å². The topological polar surface area (TPSA) is 83.6 Å². The number of oxazole rings is 1. The van der Waals surface area contributed by atoms with Crippen molar-refractivity contribution in [2.45, 2.75) is 44.7 Å². The third kappa shape index (κ3) is 4.67. The molecular formula is C24H26ClN5O2. The Kier molecular flexibility index (Phi) is 6.55.